The lowest BCUT2D eigenvalue weighted by Crippen LogP contribution is -2.23. The van der Waals surface area contributed by atoms with Crippen molar-refractivity contribution in [3.05, 3.63) is 71.6 Å². The Labute approximate surface area is 147 Å². The standard InChI is InChI=1S/C21H20N2O2/c1-3-5-8-14-10-11-16(15(4-2)13-14)18-19(21(25)23-20(18)24)17-9-6-7-12-22-17/h4,6-7,9-13H,2-3,5,8H2,1H3,(H,23,24,25). The average molecular weight is 332 g/mol. The van der Waals surface area contributed by atoms with Crippen molar-refractivity contribution < 1.29 is 9.59 Å². The first-order valence-electron chi connectivity index (χ1n) is 8.42. The van der Waals surface area contributed by atoms with E-state index in [2.05, 4.69) is 23.8 Å². The topological polar surface area (TPSA) is 59.1 Å². The Morgan fingerprint density at radius 1 is 1.12 bits per heavy atom. The number of unbranched alkanes of at least 4 members (excludes halogenated alkanes) is 1. The number of carbonyl (C=O) groups excluding carboxylic acids is 2. The fraction of sp³-hybridized carbons (Fsp3) is 0.190. The first-order chi connectivity index (χ1) is 12.2. The van der Waals surface area contributed by atoms with Crippen LogP contribution in [0, 0.1) is 0 Å². The number of amides is 2. The summed E-state index contributed by atoms with van der Waals surface area (Å²) < 4.78 is 0. The molecule has 1 N–H and O–H groups in total. The normalized spacial score (nSPS) is 14.0. The SMILES string of the molecule is C=Cc1cc(CCCC)ccc1C1=C(c2ccccn2)C(=O)NC1=O. The fourth-order valence-corrected chi connectivity index (χ4v) is 3.01. The molecule has 0 unspecified atom stereocenters. The molecule has 1 aromatic heterocycles. The molecule has 0 fully saturated rings. The Hall–Kier alpha value is -3.01. The number of hydrogen-bond donors (Lipinski definition) is 1. The van der Waals surface area contributed by atoms with Gasteiger partial charge in [-0.15, -0.1) is 0 Å². The number of aromatic nitrogens is 1. The summed E-state index contributed by atoms with van der Waals surface area (Å²) >= 11 is 0. The molecule has 0 saturated carbocycles. The van der Waals surface area contributed by atoms with E-state index >= 15 is 0 Å². The van der Waals surface area contributed by atoms with Gasteiger partial charge >= 0.3 is 0 Å². The second kappa shape index (κ2) is 7.26. The van der Waals surface area contributed by atoms with E-state index in [1.807, 2.05) is 18.2 Å². The van der Waals surface area contributed by atoms with Gasteiger partial charge in [-0.05, 0) is 41.7 Å². The summed E-state index contributed by atoms with van der Waals surface area (Å²) in [7, 11) is 0. The minimum absolute atomic E-state index is 0.315. The van der Waals surface area contributed by atoms with Gasteiger partial charge in [-0.1, -0.05) is 50.3 Å². The number of imide groups is 1. The zero-order valence-corrected chi connectivity index (χ0v) is 14.2. The molecule has 0 bridgehead atoms. The molecule has 1 aromatic carbocycles. The highest BCUT2D eigenvalue weighted by molar-refractivity contribution is 6.49. The highest BCUT2D eigenvalue weighted by atomic mass is 16.2. The quantitative estimate of drug-likeness (QED) is 0.822. The Morgan fingerprint density at radius 3 is 2.60 bits per heavy atom. The molecule has 126 valence electrons. The van der Waals surface area contributed by atoms with Gasteiger partial charge in [0.25, 0.3) is 11.8 Å². The minimum Gasteiger partial charge on any atom is -0.288 e. The second-order valence-electron chi connectivity index (χ2n) is 5.98. The van der Waals surface area contributed by atoms with Crippen molar-refractivity contribution in [3.8, 4) is 0 Å². The molecule has 0 radical (unpaired) electrons. The summed E-state index contributed by atoms with van der Waals surface area (Å²) in [4.78, 5) is 29.0. The maximum atomic E-state index is 12.4. The molecule has 0 saturated heterocycles. The van der Waals surface area contributed by atoms with Crippen LogP contribution in [0.4, 0.5) is 0 Å². The molecule has 0 spiro atoms. The fourth-order valence-electron chi connectivity index (χ4n) is 3.01. The van der Waals surface area contributed by atoms with Gasteiger partial charge < -0.3 is 0 Å². The van der Waals surface area contributed by atoms with E-state index < -0.39 is 11.8 Å². The molecule has 1 aliphatic rings. The molecule has 0 atom stereocenters. The summed E-state index contributed by atoms with van der Waals surface area (Å²) in [6.07, 6.45) is 6.55. The number of rotatable bonds is 6. The van der Waals surface area contributed by atoms with Crippen LogP contribution >= 0.6 is 0 Å². The molecule has 25 heavy (non-hydrogen) atoms. The minimum atomic E-state index is -0.413. The van der Waals surface area contributed by atoms with E-state index in [1.165, 1.54) is 5.56 Å². The van der Waals surface area contributed by atoms with Crippen molar-refractivity contribution in [2.75, 3.05) is 0 Å². The Balaban J connectivity index is 2.15. The first kappa shape index (κ1) is 16.8. The van der Waals surface area contributed by atoms with E-state index in [0.717, 1.165) is 24.8 Å². The maximum absolute atomic E-state index is 12.4. The van der Waals surface area contributed by atoms with Crippen molar-refractivity contribution in [3.63, 3.8) is 0 Å². The van der Waals surface area contributed by atoms with Crippen molar-refractivity contribution in [2.45, 2.75) is 26.2 Å². The summed E-state index contributed by atoms with van der Waals surface area (Å²) in [6, 6.07) is 11.3. The van der Waals surface area contributed by atoms with E-state index in [0.29, 0.717) is 22.4 Å². The van der Waals surface area contributed by atoms with Crippen LogP contribution in [-0.4, -0.2) is 16.8 Å². The molecule has 3 rings (SSSR count). The number of pyridine rings is 1. The lowest BCUT2D eigenvalue weighted by Gasteiger charge is -2.10. The summed E-state index contributed by atoms with van der Waals surface area (Å²) in [5.74, 6) is -0.807. The smallest absolute Gasteiger partial charge is 0.261 e. The van der Waals surface area contributed by atoms with Crippen molar-refractivity contribution in [1.82, 2.24) is 10.3 Å². The molecule has 2 amide bonds. The van der Waals surface area contributed by atoms with Crippen LogP contribution in [0.2, 0.25) is 0 Å². The molecule has 4 nitrogen and oxygen atoms in total. The number of carbonyl (C=O) groups is 2. The Kier molecular flexibility index (Phi) is 4.89. The molecule has 0 aliphatic carbocycles. The van der Waals surface area contributed by atoms with E-state index in [9.17, 15) is 9.59 Å². The van der Waals surface area contributed by atoms with Crippen molar-refractivity contribution in [1.29, 1.82) is 0 Å². The number of nitrogens with one attached hydrogen (secondary N) is 1. The summed E-state index contributed by atoms with van der Waals surface area (Å²) in [5.41, 5.74) is 3.92. The third kappa shape index (κ3) is 3.29. The Morgan fingerprint density at radius 2 is 1.92 bits per heavy atom. The van der Waals surface area contributed by atoms with Crippen LogP contribution in [-0.2, 0) is 16.0 Å². The third-order valence-corrected chi connectivity index (χ3v) is 4.28. The zero-order valence-electron chi connectivity index (χ0n) is 14.2. The lowest BCUT2D eigenvalue weighted by atomic mass is 9.92. The van der Waals surface area contributed by atoms with Gasteiger partial charge in [0.05, 0.1) is 16.8 Å². The number of benzene rings is 1. The van der Waals surface area contributed by atoms with Crippen LogP contribution < -0.4 is 5.32 Å². The highest BCUT2D eigenvalue weighted by Crippen LogP contribution is 2.33. The monoisotopic (exact) mass is 332 g/mol. The largest absolute Gasteiger partial charge is 0.288 e. The van der Waals surface area contributed by atoms with Crippen molar-refractivity contribution in [2.24, 2.45) is 0 Å². The van der Waals surface area contributed by atoms with E-state index in [4.69, 9.17) is 0 Å². The predicted molar refractivity (Wildman–Crippen MR) is 99.3 cm³/mol. The number of hydrogen-bond acceptors (Lipinski definition) is 3. The van der Waals surface area contributed by atoms with Gasteiger partial charge in [-0.3, -0.25) is 19.9 Å². The first-order valence-corrected chi connectivity index (χ1v) is 8.42. The second-order valence-corrected chi connectivity index (χ2v) is 5.98. The van der Waals surface area contributed by atoms with Gasteiger partial charge in [-0.2, -0.15) is 0 Å². The van der Waals surface area contributed by atoms with Crippen LogP contribution in [0.1, 0.15) is 42.1 Å². The summed E-state index contributed by atoms with van der Waals surface area (Å²) in [6.45, 7) is 6.03. The third-order valence-electron chi connectivity index (χ3n) is 4.28. The van der Waals surface area contributed by atoms with Crippen LogP contribution in [0.25, 0.3) is 17.2 Å². The van der Waals surface area contributed by atoms with Gasteiger partial charge in [0.15, 0.2) is 0 Å². The average Bonchev–Trinajstić information content (AvgIpc) is 2.94. The number of aryl methyl sites for hydroxylation is 1. The molecular weight excluding hydrogens is 312 g/mol. The van der Waals surface area contributed by atoms with E-state index in [-0.39, 0.29) is 0 Å². The molecule has 1 aliphatic heterocycles. The Bertz CT molecular complexity index is 867. The molecule has 4 heteroatoms. The van der Waals surface area contributed by atoms with Gasteiger partial charge in [0, 0.05) is 6.20 Å². The van der Waals surface area contributed by atoms with Gasteiger partial charge in [0.2, 0.25) is 0 Å². The van der Waals surface area contributed by atoms with Crippen LogP contribution in [0.15, 0.2) is 49.2 Å². The predicted octanol–water partition coefficient (Wildman–Crippen LogP) is 3.63. The van der Waals surface area contributed by atoms with Crippen LogP contribution in [0.5, 0.6) is 0 Å². The number of nitrogens with zero attached hydrogens (tertiary/aromatic N) is 1. The summed E-state index contributed by atoms with van der Waals surface area (Å²) in [5, 5.41) is 2.39. The van der Waals surface area contributed by atoms with Gasteiger partial charge in [0.1, 0.15) is 0 Å². The lowest BCUT2D eigenvalue weighted by molar-refractivity contribution is -0.122. The molecule has 2 aromatic rings. The maximum Gasteiger partial charge on any atom is 0.261 e. The molecule has 2 heterocycles. The highest BCUT2D eigenvalue weighted by Gasteiger charge is 2.33. The zero-order chi connectivity index (χ0) is 17.8. The van der Waals surface area contributed by atoms with Gasteiger partial charge in [-0.25, -0.2) is 0 Å². The van der Waals surface area contributed by atoms with Crippen LogP contribution in [0.3, 0.4) is 0 Å². The van der Waals surface area contributed by atoms with Crippen molar-refractivity contribution >= 4 is 29.0 Å². The van der Waals surface area contributed by atoms with E-state index in [1.54, 1.807) is 30.5 Å². The molecular formula is C21H20N2O2.